The van der Waals surface area contributed by atoms with E-state index in [9.17, 15) is 0 Å². The Kier molecular flexibility index (Phi) is 3.99. The molecule has 0 aliphatic heterocycles. The van der Waals surface area contributed by atoms with Crippen LogP contribution in [-0.4, -0.2) is 22.2 Å². The molecule has 0 fully saturated rings. The minimum atomic E-state index is 0.247. The summed E-state index contributed by atoms with van der Waals surface area (Å²) in [6.07, 6.45) is 4.04. The van der Waals surface area contributed by atoms with E-state index in [-0.39, 0.29) is 5.92 Å². The largest absolute Gasteiger partial charge is 0.353 e. The van der Waals surface area contributed by atoms with Crippen LogP contribution >= 0.6 is 0 Å². The summed E-state index contributed by atoms with van der Waals surface area (Å²) in [6.45, 7) is 4.11. The maximum Gasteiger partial charge on any atom is 0.258 e. The number of aromatic nitrogens is 3. The van der Waals surface area contributed by atoms with Gasteiger partial charge in [0.05, 0.1) is 6.04 Å². The minimum Gasteiger partial charge on any atom is -0.353 e. The first-order valence-corrected chi connectivity index (χ1v) is 8.74. The predicted octanol–water partition coefficient (Wildman–Crippen LogP) is 4.38. The highest BCUT2D eigenvalue weighted by Gasteiger charge is 2.26. The number of fused-ring (bicyclic) bond motifs is 1. The Labute approximate surface area is 147 Å². The van der Waals surface area contributed by atoms with Crippen LogP contribution in [0.25, 0.3) is 11.5 Å². The standard InChI is InChI=1S/C20H22N4O/c1-13(2)19-22-20(25-23-19)15-10-11-21-18(12-15)24(3)17-9-8-14-6-4-5-7-16(14)17/h4-7,10-13,17H,8-9H2,1-3H3. The average Bonchev–Trinajstić information content (AvgIpc) is 3.28. The number of anilines is 1. The van der Waals surface area contributed by atoms with Crippen molar-refractivity contribution in [1.82, 2.24) is 15.1 Å². The summed E-state index contributed by atoms with van der Waals surface area (Å²) in [5.41, 5.74) is 3.74. The molecule has 3 aromatic rings. The van der Waals surface area contributed by atoms with Gasteiger partial charge in [-0.3, -0.25) is 0 Å². The fraction of sp³-hybridized carbons (Fsp3) is 0.350. The van der Waals surface area contributed by atoms with Gasteiger partial charge in [-0.1, -0.05) is 43.3 Å². The highest BCUT2D eigenvalue weighted by Crippen LogP contribution is 2.37. The first kappa shape index (κ1) is 15.8. The van der Waals surface area contributed by atoms with Crippen molar-refractivity contribution >= 4 is 5.82 Å². The van der Waals surface area contributed by atoms with Crippen molar-refractivity contribution in [3.05, 3.63) is 59.5 Å². The molecule has 1 aromatic carbocycles. The van der Waals surface area contributed by atoms with Crippen LogP contribution in [0.5, 0.6) is 0 Å². The Morgan fingerprint density at radius 2 is 2.04 bits per heavy atom. The predicted molar refractivity (Wildman–Crippen MR) is 97.5 cm³/mol. The molecular formula is C20H22N4O. The van der Waals surface area contributed by atoms with Gasteiger partial charge in [-0.2, -0.15) is 4.98 Å². The number of aryl methyl sites for hydroxylation is 1. The second kappa shape index (κ2) is 6.31. The van der Waals surface area contributed by atoms with E-state index in [0.29, 0.717) is 11.9 Å². The fourth-order valence-electron chi connectivity index (χ4n) is 3.43. The third-order valence-corrected chi connectivity index (χ3v) is 4.88. The second-order valence-electron chi connectivity index (χ2n) is 6.88. The zero-order valence-electron chi connectivity index (χ0n) is 14.8. The van der Waals surface area contributed by atoms with Crippen molar-refractivity contribution in [1.29, 1.82) is 0 Å². The highest BCUT2D eigenvalue weighted by atomic mass is 16.5. The summed E-state index contributed by atoms with van der Waals surface area (Å²) in [4.78, 5) is 11.3. The van der Waals surface area contributed by atoms with Crippen molar-refractivity contribution in [2.24, 2.45) is 0 Å². The Bertz CT molecular complexity index is 887. The Balaban J connectivity index is 1.63. The van der Waals surface area contributed by atoms with Crippen LogP contribution in [-0.2, 0) is 6.42 Å². The quantitative estimate of drug-likeness (QED) is 0.709. The maximum atomic E-state index is 5.42. The van der Waals surface area contributed by atoms with Crippen molar-refractivity contribution in [3.8, 4) is 11.5 Å². The number of hydrogen-bond donors (Lipinski definition) is 0. The molecule has 2 heterocycles. The van der Waals surface area contributed by atoms with Crippen LogP contribution in [0.4, 0.5) is 5.82 Å². The van der Waals surface area contributed by atoms with Gasteiger partial charge in [0, 0.05) is 24.7 Å². The summed E-state index contributed by atoms with van der Waals surface area (Å²) in [6, 6.07) is 13.0. The lowest BCUT2D eigenvalue weighted by Crippen LogP contribution is -2.23. The number of benzene rings is 1. The van der Waals surface area contributed by atoms with E-state index in [1.54, 1.807) is 6.20 Å². The van der Waals surface area contributed by atoms with Crippen LogP contribution in [0.3, 0.4) is 0 Å². The van der Waals surface area contributed by atoms with E-state index in [2.05, 4.69) is 65.2 Å². The minimum absolute atomic E-state index is 0.247. The third-order valence-electron chi connectivity index (χ3n) is 4.88. The molecule has 0 saturated heterocycles. The molecule has 4 rings (SSSR count). The van der Waals surface area contributed by atoms with E-state index < -0.39 is 0 Å². The van der Waals surface area contributed by atoms with Gasteiger partial charge in [-0.05, 0) is 36.1 Å². The summed E-state index contributed by atoms with van der Waals surface area (Å²) >= 11 is 0. The molecule has 1 unspecified atom stereocenters. The van der Waals surface area contributed by atoms with Crippen LogP contribution in [0.1, 0.15) is 49.2 Å². The van der Waals surface area contributed by atoms with Crippen molar-refractivity contribution in [2.75, 3.05) is 11.9 Å². The lowest BCUT2D eigenvalue weighted by Gasteiger charge is -2.26. The molecular weight excluding hydrogens is 312 g/mol. The Morgan fingerprint density at radius 3 is 2.84 bits per heavy atom. The maximum absolute atomic E-state index is 5.42. The number of rotatable bonds is 4. The lowest BCUT2D eigenvalue weighted by molar-refractivity contribution is 0.419. The zero-order chi connectivity index (χ0) is 17.4. The van der Waals surface area contributed by atoms with Crippen LogP contribution in [0, 0.1) is 0 Å². The molecule has 0 saturated carbocycles. The normalized spacial score (nSPS) is 16.2. The van der Waals surface area contributed by atoms with Crippen LogP contribution in [0.2, 0.25) is 0 Å². The van der Waals surface area contributed by atoms with E-state index in [1.807, 2.05) is 12.1 Å². The highest BCUT2D eigenvalue weighted by molar-refractivity contribution is 5.59. The van der Waals surface area contributed by atoms with E-state index in [0.717, 1.165) is 30.0 Å². The van der Waals surface area contributed by atoms with E-state index >= 15 is 0 Å². The molecule has 0 amide bonds. The molecule has 5 nitrogen and oxygen atoms in total. The Hall–Kier alpha value is -2.69. The van der Waals surface area contributed by atoms with Crippen molar-refractivity contribution in [2.45, 2.75) is 38.6 Å². The van der Waals surface area contributed by atoms with Gasteiger partial charge in [0.2, 0.25) is 0 Å². The van der Waals surface area contributed by atoms with Gasteiger partial charge in [0.25, 0.3) is 5.89 Å². The molecule has 25 heavy (non-hydrogen) atoms. The summed E-state index contributed by atoms with van der Waals surface area (Å²) in [7, 11) is 2.10. The fourth-order valence-corrected chi connectivity index (χ4v) is 3.43. The molecule has 1 atom stereocenters. The number of pyridine rings is 1. The molecule has 5 heteroatoms. The molecule has 2 aromatic heterocycles. The summed E-state index contributed by atoms with van der Waals surface area (Å²) in [5.74, 6) is 2.44. The van der Waals surface area contributed by atoms with Gasteiger partial charge in [0.1, 0.15) is 5.82 Å². The van der Waals surface area contributed by atoms with Gasteiger partial charge in [-0.25, -0.2) is 4.98 Å². The molecule has 1 aliphatic carbocycles. The lowest BCUT2D eigenvalue weighted by atomic mass is 10.1. The van der Waals surface area contributed by atoms with Gasteiger partial charge in [0.15, 0.2) is 5.82 Å². The topological polar surface area (TPSA) is 55.1 Å². The molecule has 0 N–H and O–H groups in total. The third kappa shape index (κ3) is 2.90. The zero-order valence-corrected chi connectivity index (χ0v) is 14.8. The smallest absolute Gasteiger partial charge is 0.258 e. The van der Waals surface area contributed by atoms with Crippen LogP contribution < -0.4 is 4.90 Å². The molecule has 0 bridgehead atoms. The average molecular weight is 334 g/mol. The molecule has 1 aliphatic rings. The van der Waals surface area contributed by atoms with Gasteiger partial charge in [-0.15, -0.1) is 0 Å². The van der Waals surface area contributed by atoms with Crippen LogP contribution in [0.15, 0.2) is 47.1 Å². The summed E-state index contributed by atoms with van der Waals surface area (Å²) < 4.78 is 5.42. The number of nitrogens with zero attached hydrogens (tertiary/aromatic N) is 4. The SMILES string of the molecule is CC(C)c1noc(-c2ccnc(N(C)C3CCc4ccccc43)c2)n1. The summed E-state index contributed by atoms with van der Waals surface area (Å²) in [5, 5.41) is 4.05. The molecule has 128 valence electrons. The first-order valence-electron chi connectivity index (χ1n) is 8.74. The van der Waals surface area contributed by atoms with Gasteiger partial charge >= 0.3 is 0 Å². The van der Waals surface area contributed by atoms with Crippen molar-refractivity contribution < 1.29 is 4.52 Å². The second-order valence-corrected chi connectivity index (χ2v) is 6.88. The van der Waals surface area contributed by atoms with E-state index in [1.165, 1.54) is 11.1 Å². The van der Waals surface area contributed by atoms with E-state index in [4.69, 9.17) is 4.52 Å². The van der Waals surface area contributed by atoms with Crippen molar-refractivity contribution in [3.63, 3.8) is 0 Å². The monoisotopic (exact) mass is 334 g/mol. The van der Waals surface area contributed by atoms with Gasteiger partial charge < -0.3 is 9.42 Å². The number of hydrogen-bond acceptors (Lipinski definition) is 5. The molecule has 0 radical (unpaired) electrons. The first-order chi connectivity index (χ1) is 12.1. The Morgan fingerprint density at radius 1 is 1.20 bits per heavy atom. The molecule has 0 spiro atoms.